The zero-order valence-electron chi connectivity index (χ0n) is 7.64. The lowest BCUT2D eigenvalue weighted by Crippen LogP contribution is -2.04. The summed E-state index contributed by atoms with van der Waals surface area (Å²) in [4.78, 5) is 0. The molecular weight excluding hydrogens is 198 g/mol. The molecule has 0 aliphatic carbocycles. The Hall–Kier alpha value is -1.18. The minimum Gasteiger partial charge on any atom is -0.395 e. The SMILES string of the molecule is N#Cc1cccc(CS(=O)CCO)c1. The average Bonchev–Trinajstić information content (AvgIpc) is 2.18. The van der Waals surface area contributed by atoms with Gasteiger partial charge in [-0.3, -0.25) is 4.21 Å². The molecular formula is C10H11NO2S. The molecule has 0 aromatic heterocycles. The van der Waals surface area contributed by atoms with Gasteiger partial charge in [-0.1, -0.05) is 12.1 Å². The van der Waals surface area contributed by atoms with Crippen LogP contribution in [0.2, 0.25) is 0 Å². The summed E-state index contributed by atoms with van der Waals surface area (Å²) >= 11 is 0. The van der Waals surface area contributed by atoms with Crippen LogP contribution in [0.4, 0.5) is 0 Å². The molecule has 0 aliphatic rings. The zero-order chi connectivity index (χ0) is 10.4. The third-order valence-corrected chi connectivity index (χ3v) is 3.00. The van der Waals surface area contributed by atoms with Crippen molar-refractivity contribution in [3.8, 4) is 6.07 Å². The standard InChI is InChI=1S/C10H11NO2S/c11-7-9-2-1-3-10(6-9)8-14(13)5-4-12/h1-3,6,12H,4-5,8H2. The Labute approximate surface area is 85.5 Å². The molecule has 0 heterocycles. The number of nitriles is 1. The van der Waals surface area contributed by atoms with Gasteiger partial charge in [0.1, 0.15) is 0 Å². The van der Waals surface area contributed by atoms with Crippen molar-refractivity contribution in [2.75, 3.05) is 12.4 Å². The van der Waals surface area contributed by atoms with Crippen molar-refractivity contribution in [3.63, 3.8) is 0 Å². The van der Waals surface area contributed by atoms with E-state index in [-0.39, 0.29) is 12.4 Å². The van der Waals surface area contributed by atoms with Crippen LogP contribution in [0.25, 0.3) is 0 Å². The number of hydrogen-bond donors (Lipinski definition) is 1. The number of rotatable bonds is 4. The maximum Gasteiger partial charge on any atom is 0.0991 e. The Morgan fingerprint density at radius 1 is 1.50 bits per heavy atom. The van der Waals surface area contributed by atoms with E-state index in [0.29, 0.717) is 11.3 Å². The molecule has 1 N–H and O–H groups in total. The Morgan fingerprint density at radius 2 is 2.29 bits per heavy atom. The molecule has 0 saturated carbocycles. The minimum absolute atomic E-state index is 0.0649. The minimum atomic E-state index is -1.04. The first-order valence-corrected chi connectivity index (χ1v) is 5.70. The van der Waals surface area contributed by atoms with Gasteiger partial charge in [0.25, 0.3) is 0 Å². The van der Waals surface area contributed by atoms with Crippen molar-refractivity contribution in [1.29, 1.82) is 5.26 Å². The van der Waals surface area contributed by atoms with Gasteiger partial charge in [-0.05, 0) is 17.7 Å². The number of benzene rings is 1. The first-order valence-electron chi connectivity index (χ1n) is 4.21. The van der Waals surface area contributed by atoms with E-state index in [0.717, 1.165) is 5.56 Å². The molecule has 1 atom stereocenters. The van der Waals surface area contributed by atoms with Crippen LogP contribution >= 0.6 is 0 Å². The van der Waals surface area contributed by atoms with Crippen LogP contribution in [0.3, 0.4) is 0 Å². The first-order chi connectivity index (χ1) is 6.76. The van der Waals surface area contributed by atoms with Gasteiger partial charge in [-0.2, -0.15) is 5.26 Å². The van der Waals surface area contributed by atoms with Crippen LogP contribution in [0.1, 0.15) is 11.1 Å². The predicted octanol–water partition coefficient (Wildman–Crippen LogP) is 0.799. The lowest BCUT2D eigenvalue weighted by molar-refractivity contribution is 0.321. The van der Waals surface area contributed by atoms with E-state index in [4.69, 9.17) is 10.4 Å². The van der Waals surface area contributed by atoms with Gasteiger partial charge in [0, 0.05) is 22.3 Å². The summed E-state index contributed by atoms with van der Waals surface area (Å²) < 4.78 is 11.3. The number of hydrogen-bond acceptors (Lipinski definition) is 3. The Balaban J connectivity index is 2.68. The van der Waals surface area contributed by atoms with Gasteiger partial charge in [0.15, 0.2) is 0 Å². The van der Waals surface area contributed by atoms with Crippen LogP contribution in [-0.4, -0.2) is 21.7 Å². The Kier molecular flexibility index (Phi) is 4.30. The van der Waals surface area contributed by atoms with Gasteiger partial charge in [0.05, 0.1) is 18.2 Å². The Bertz CT molecular complexity index is 371. The van der Waals surface area contributed by atoms with E-state index >= 15 is 0 Å². The van der Waals surface area contributed by atoms with Crippen molar-refractivity contribution >= 4 is 10.8 Å². The smallest absolute Gasteiger partial charge is 0.0991 e. The number of nitrogens with zero attached hydrogens (tertiary/aromatic N) is 1. The van der Waals surface area contributed by atoms with Gasteiger partial charge in [-0.15, -0.1) is 0 Å². The molecule has 0 aliphatic heterocycles. The summed E-state index contributed by atoms with van der Waals surface area (Å²) in [6, 6.07) is 9.05. The zero-order valence-corrected chi connectivity index (χ0v) is 8.46. The van der Waals surface area contributed by atoms with E-state index in [1.807, 2.05) is 12.1 Å². The van der Waals surface area contributed by atoms with Crippen LogP contribution < -0.4 is 0 Å². The van der Waals surface area contributed by atoms with Crippen molar-refractivity contribution in [1.82, 2.24) is 0 Å². The molecule has 0 radical (unpaired) electrons. The molecule has 1 aromatic rings. The van der Waals surface area contributed by atoms with Crippen LogP contribution in [-0.2, 0) is 16.6 Å². The molecule has 0 saturated heterocycles. The van der Waals surface area contributed by atoms with Crippen molar-refractivity contribution in [2.24, 2.45) is 0 Å². The van der Waals surface area contributed by atoms with Gasteiger partial charge in [0.2, 0.25) is 0 Å². The van der Waals surface area contributed by atoms with Crippen molar-refractivity contribution < 1.29 is 9.32 Å². The summed E-state index contributed by atoms with van der Waals surface area (Å²) in [6.45, 7) is -0.0649. The Morgan fingerprint density at radius 3 is 2.93 bits per heavy atom. The normalized spacial score (nSPS) is 12.0. The molecule has 1 aromatic carbocycles. The number of aliphatic hydroxyl groups excluding tert-OH is 1. The molecule has 1 unspecified atom stereocenters. The topological polar surface area (TPSA) is 61.1 Å². The molecule has 0 amide bonds. The molecule has 74 valence electrons. The van der Waals surface area contributed by atoms with E-state index in [1.54, 1.807) is 18.2 Å². The van der Waals surface area contributed by atoms with Crippen LogP contribution in [0.5, 0.6) is 0 Å². The second kappa shape index (κ2) is 5.53. The molecule has 3 nitrogen and oxygen atoms in total. The highest BCUT2D eigenvalue weighted by atomic mass is 32.2. The summed E-state index contributed by atoms with van der Waals surface area (Å²) in [5.41, 5.74) is 1.44. The van der Waals surface area contributed by atoms with E-state index in [2.05, 4.69) is 0 Å². The predicted molar refractivity (Wildman–Crippen MR) is 55.0 cm³/mol. The molecule has 0 spiro atoms. The lowest BCUT2D eigenvalue weighted by atomic mass is 10.2. The van der Waals surface area contributed by atoms with Gasteiger partial charge >= 0.3 is 0 Å². The maximum atomic E-state index is 11.3. The van der Waals surface area contributed by atoms with E-state index in [9.17, 15) is 4.21 Å². The molecule has 0 fully saturated rings. The fraction of sp³-hybridized carbons (Fsp3) is 0.300. The summed E-state index contributed by atoms with van der Waals surface area (Å²) in [5.74, 6) is 0.687. The summed E-state index contributed by atoms with van der Waals surface area (Å²) in [7, 11) is -1.04. The average molecular weight is 209 g/mol. The lowest BCUT2D eigenvalue weighted by Gasteiger charge is -2.00. The second-order valence-electron chi connectivity index (χ2n) is 2.82. The quantitative estimate of drug-likeness (QED) is 0.797. The molecule has 1 rings (SSSR count). The molecule has 14 heavy (non-hydrogen) atoms. The van der Waals surface area contributed by atoms with E-state index < -0.39 is 10.8 Å². The van der Waals surface area contributed by atoms with Crippen LogP contribution in [0, 0.1) is 11.3 Å². The highest BCUT2D eigenvalue weighted by Gasteiger charge is 2.01. The molecule has 4 heteroatoms. The highest BCUT2D eigenvalue weighted by molar-refractivity contribution is 7.84. The first kappa shape index (κ1) is 10.9. The molecule has 0 bridgehead atoms. The van der Waals surface area contributed by atoms with E-state index in [1.165, 1.54) is 0 Å². The third-order valence-electron chi connectivity index (χ3n) is 1.70. The monoisotopic (exact) mass is 209 g/mol. The highest BCUT2D eigenvalue weighted by Crippen LogP contribution is 2.06. The van der Waals surface area contributed by atoms with Gasteiger partial charge in [-0.25, -0.2) is 0 Å². The second-order valence-corrected chi connectivity index (χ2v) is 4.40. The largest absolute Gasteiger partial charge is 0.395 e. The summed E-state index contributed by atoms with van der Waals surface area (Å²) in [6.07, 6.45) is 0. The fourth-order valence-corrected chi connectivity index (χ4v) is 1.99. The third kappa shape index (κ3) is 3.29. The fourth-order valence-electron chi connectivity index (χ4n) is 1.09. The van der Waals surface area contributed by atoms with Crippen molar-refractivity contribution in [3.05, 3.63) is 35.4 Å². The number of aliphatic hydroxyl groups is 1. The summed E-state index contributed by atoms with van der Waals surface area (Å²) in [5, 5.41) is 17.2. The van der Waals surface area contributed by atoms with Crippen molar-refractivity contribution in [2.45, 2.75) is 5.75 Å². The van der Waals surface area contributed by atoms with Gasteiger partial charge < -0.3 is 5.11 Å². The van der Waals surface area contributed by atoms with Crippen LogP contribution in [0.15, 0.2) is 24.3 Å². The maximum absolute atomic E-state index is 11.3.